The van der Waals surface area contributed by atoms with Gasteiger partial charge in [-0.3, -0.25) is 18.7 Å². The molecule has 2 aromatic carbocycles. The van der Waals surface area contributed by atoms with Crippen molar-refractivity contribution in [3.63, 3.8) is 0 Å². The van der Waals surface area contributed by atoms with E-state index in [4.69, 9.17) is 14.2 Å². The molecule has 1 aromatic heterocycles. The summed E-state index contributed by atoms with van der Waals surface area (Å²) in [4.78, 5) is 39.9. The predicted molar refractivity (Wildman–Crippen MR) is 120 cm³/mol. The fourth-order valence-corrected chi connectivity index (χ4v) is 5.20. The van der Waals surface area contributed by atoms with Gasteiger partial charge in [0.15, 0.2) is 5.41 Å². The number of carbonyl (C=O) groups is 1. The lowest BCUT2D eigenvalue weighted by molar-refractivity contribution is -0.168. The van der Waals surface area contributed by atoms with Gasteiger partial charge in [0.1, 0.15) is 18.5 Å². The van der Waals surface area contributed by atoms with Crippen molar-refractivity contribution in [2.45, 2.75) is 18.9 Å². The highest BCUT2D eigenvalue weighted by molar-refractivity contribution is 5.82. The van der Waals surface area contributed by atoms with Gasteiger partial charge in [0, 0.05) is 25.6 Å². The highest BCUT2D eigenvalue weighted by atomic mass is 16.5. The summed E-state index contributed by atoms with van der Waals surface area (Å²) in [6.07, 6.45) is -0.852. The fourth-order valence-electron chi connectivity index (χ4n) is 5.20. The van der Waals surface area contributed by atoms with E-state index in [1.165, 1.54) is 18.7 Å². The fraction of sp³-hybridized carbons (Fsp3) is 0.320. The molecular weight excluding hydrogens is 424 g/mol. The zero-order chi connectivity index (χ0) is 23.5. The largest absolute Gasteiger partial charge is 0.492 e. The van der Waals surface area contributed by atoms with Crippen LogP contribution in [-0.2, 0) is 23.6 Å². The van der Waals surface area contributed by atoms with Gasteiger partial charge in [0.05, 0.1) is 12.7 Å². The molecule has 0 fully saturated rings. The number of carbonyl (C=O) groups excluding carboxylic acids is 1. The molecule has 0 saturated carbocycles. The van der Waals surface area contributed by atoms with Gasteiger partial charge in [-0.1, -0.05) is 42.5 Å². The number of rotatable bonds is 2. The lowest BCUT2D eigenvalue weighted by atomic mass is 9.61. The Morgan fingerprint density at radius 2 is 1.70 bits per heavy atom. The van der Waals surface area contributed by atoms with Gasteiger partial charge >= 0.3 is 11.7 Å². The summed E-state index contributed by atoms with van der Waals surface area (Å²) in [6.45, 7) is 1.88. The lowest BCUT2D eigenvalue weighted by Gasteiger charge is -2.50. The van der Waals surface area contributed by atoms with E-state index in [2.05, 4.69) is 0 Å². The Morgan fingerprint density at radius 3 is 2.39 bits per heavy atom. The predicted octanol–water partition coefficient (Wildman–Crippen LogP) is 2.21. The summed E-state index contributed by atoms with van der Waals surface area (Å²) in [6, 6.07) is 14.9. The molecule has 0 bridgehead atoms. The van der Waals surface area contributed by atoms with Crippen LogP contribution in [0.25, 0.3) is 0 Å². The minimum Gasteiger partial charge on any atom is -0.492 e. The number of benzene rings is 2. The van der Waals surface area contributed by atoms with Crippen LogP contribution in [0.1, 0.15) is 34.3 Å². The van der Waals surface area contributed by atoms with Gasteiger partial charge in [-0.25, -0.2) is 4.79 Å². The van der Waals surface area contributed by atoms with Crippen LogP contribution in [0.4, 0.5) is 0 Å². The number of methoxy groups -OCH3 is 1. The molecule has 2 aliphatic heterocycles. The van der Waals surface area contributed by atoms with Gasteiger partial charge in [-0.15, -0.1) is 0 Å². The van der Waals surface area contributed by atoms with E-state index in [1.807, 2.05) is 49.4 Å². The third-order valence-electron chi connectivity index (χ3n) is 6.88. The lowest BCUT2D eigenvalue weighted by Crippen LogP contribution is -2.57. The Bertz CT molecular complexity index is 1400. The van der Waals surface area contributed by atoms with Crippen molar-refractivity contribution in [2.24, 2.45) is 19.5 Å². The van der Waals surface area contributed by atoms with Gasteiger partial charge in [0.2, 0.25) is 5.88 Å². The van der Waals surface area contributed by atoms with Crippen LogP contribution in [0.3, 0.4) is 0 Å². The van der Waals surface area contributed by atoms with Crippen molar-refractivity contribution in [3.05, 3.63) is 91.6 Å². The van der Waals surface area contributed by atoms with Gasteiger partial charge in [-0.2, -0.15) is 0 Å². The van der Waals surface area contributed by atoms with Crippen LogP contribution in [0.5, 0.6) is 11.6 Å². The minimum absolute atomic E-state index is 0.0498. The standard InChI is InChI=1S/C25H24N2O6/c1-14-9-5-6-10-15(14)20-25(23(29)31-4)13-32-17-12-8-7-11-16(17)19(25)18-21(28)26(2)24(30)27(3)22(18)33-20/h5-12,19-20H,13H2,1-4H3/t19-,20-,25+/m1/s1. The molecule has 8 heteroatoms. The van der Waals surface area contributed by atoms with Gasteiger partial charge < -0.3 is 14.2 Å². The molecule has 170 valence electrons. The summed E-state index contributed by atoms with van der Waals surface area (Å²) in [5.74, 6) is -0.558. The molecule has 33 heavy (non-hydrogen) atoms. The van der Waals surface area contributed by atoms with E-state index in [0.29, 0.717) is 11.3 Å². The Balaban J connectivity index is 1.95. The molecule has 0 radical (unpaired) electrons. The van der Waals surface area contributed by atoms with Gasteiger partial charge in [0.25, 0.3) is 5.56 Å². The topological polar surface area (TPSA) is 88.8 Å². The second-order valence-electron chi connectivity index (χ2n) is 8.57. The molecule has 0 unspecified atom stereocenters. The number of aryl methyl sites for hydroxylation is 1. The van der Waals surface area contributed by atoms with E-state index >= 15 is 0 Å². The average Bonchev–Trinajstić information content (AvgIpc) is 2.84. The van der Waals surface area contributed by atoms with E-state index in [1.54, 1.807) is 13.1 Å². The Labute approximate surface area is 190 Å². The summed E-state index contributed by atoms with van der Waals surface area (Å²) in [5, 5.41) is 0. The smallest absolute Gasteiger partial charge is 0.333 e. The van der Waals surface area contributed by atoms with Gasteiger partial charge in [-0.05, 0) is 24.1 Å². The molecule has 3 heterocycles. The summed E-state index contributed by atoms with van der Waals surface area (Å²) >= 11 is 0. The van der Waals surface area contributed by atoms with Crippen LogP contribution in [0.15, 0.2) is 58.1 Å². The Hall–Kier alpha value is -3.81. The minimum atomic E-state index is -1.38. The van der Waals surface area contributed by atoms with Crippen molar-refractivity contribution in [2.75, 3.05) is 13.7 Å². The zero-order valence-electron chi connectivity index (χ0n) is 18.8. The van der Waals surface area contributed by atoms with Crippen molar-refractivity contribution >= 4 is 5.97 Å². The van der Waals surface area contributed by atoms with Crippen LogP contribution < -0.4 is 20.7 Å². The summed E-state index contributed by atoms with van der Waals surface area (Å²) in [7, 11) is 4.30. The number of para-hydroxylation sites is 1. The van der Waals surface area contributed by atoms with Crippen molar-refractivity contribution < 1.29 is 19.0 Å². The monoisotopic (exact) mass is 448 g/mol. The van der Waals surface area contributed by atoms with E-state index < -0.39 is 34.7 Å². The Kier molecular flexibility index (Phi) is 4.70. The number of aromatic nitrogens is 2. The molecule has 5 rings (SSSR count). The molecule has 0 aliphatic carbocycles. The maximum absolute atomic E-state index is 13.6. The molecule has 2 aliphatic rings. The third kappa shape index (κ3) is 2.73. The third-order valence-corrected chi connectivity index (χ3v) is 6.88. The number of esters is 1. The Morgan fingerprint density at radius 1 is 1.03 bits per heavy atom. The number of ether oxygens (including phenoxy) is 3. The number of hydrogen-bond acceptors (Lipinski definition) is 6. The van der Waals surface area contributed by atoms with E-state index in [9.17, 15) is 14.4 Å². The number of hydrogen-bond donors (Lipinski definition) is 0. The molecule has 3 aromatic rings. The first-order valence-electron chi connectivity index (χ1n) is 10.6. The summed E-state index contributed by atoms with van der Waals surface area (Å²) < 4.78 is 20.2. The normalized spacial score (nSPS) is 22.8. The molecule has 3 atom stereocenters. The van der Waals surface area contributed by atoms with Crippen molar-refractivity contribution in [3.8, 4) is 11.6 Å². The van der Waals surface area contributed by atoms with Crippen LogP contribution >= 0.6 is 0 Å². The first-order chi connectivity index (χ1) is 15.8. The molecular formula is C25H24N2O6. The maximum Gasteiger partial charge on any atom is 0.333 e. The van der Waals surface area contributed by atoms with E-state index in [0.717, 1.165) is 15.7 Å². The number of nitrogens with zero attached hydrogens (tertiary/aromatic N) is 2. The van der Waals surface area contributed by atoms with Crippen molar-refractivity contribution in [1.82, 2.24) is 9.13 Å². The molecule has 0 spiro atoms. The quantitative estimate of drug-likeness (QED) is 0.559. The second kappa shape index (κ2) is 7.37. The molecule has 8 nitrogen and oxygen atoms in total. The number of fused-ring (bicyclic) bond motifs is 5. The highest BCUT2D eigenvalue weighted by Gasteiger charge is 2.63. The molecule has 0 N–H and O–H groups in total. The zero-order valence-corrected chi connectivity index (χ0v) is 18.8. The molecule has 0 amide bonds. The first kappa shape index (κ1) is 21.1. The first-order valence-corrected chi connectivity index (χ1v) is 10.6. The maximum atomic E-state index is 13.6. The van der Waals surface area contributed by atoms with Crippen LogP contribution in [0.2, 0.25) is 0 Å². The van der Waals surface area contributed by atoms with Crippen molar-refractivity contribution in [1.29, 1.82) is 0 Å². The van der Waals surface area contributed by atoms with Crippen LogP contribution in [-0.4, -0.2) is 28.8 Å². The average molecular weight is 448 g/mol. The van der Waals surface area contributed by atoms with E-state index in [-0.39, 0.29) is 18.1 Å². The molecule has 0 saturated heterocycles. The summed E-state index contributed by atoms with van der Waals surface area (Å²) in [5.41, 5.74) is 0.180. The van der Waals surface area contributed by atoms with Crippen LogP contribution in [0, 0.1) is 12.3 Å². The highest BCUT2D eigenvalue weighted by Crippen LogP contribution is 2.59. The second-order valence-corrected chi connectivity index (χ2v) is 8.57. The SMILES string of the molecule is COC(=O)[C@@]12COc3ccccc3[C@@H]1c1c(n(C)c(=O)n(C)c1=O)O[C@@H]2c1ccccc1C.